The van der Waals surface area contributed by atoms with E-state index < -0.39 is 0 Å². The predicted molar refractivity (Wildman–Crippen MR) is 91.5 cm³/mol. The molecule has 0 fully saturated rings. The Morgan fingerprint density at radius 2 is 2.00 bits per heavy atom. The van der Waals surface area contributed by atoms with Crippen LogP contribution in [0.1, 0.15) is 17.0 Å². The highest BCUT2D eigenvalue weighted by atomic mass is 35.5. The molecule has 0 unspecified atom stereocenters. The van der Waals surface area contributed by atoms with Crippen molar-refractivity contribution >= 4 is 17.3 Å². The van der Waals surface area contributed by atoms with Gasteiger partial charge in [-0.2, -0.15) is 5.26 Å². The van der Waals surface area contributed by atoms with Crippen LogP contribution in [0.4, 0.5) is 5.69 Å². The molecule has 2 aromatic carbocycles. The van der Waals surface area contributed by atoms with Gasteiger partial charge in [0.1, 0.15) is 17.4 Å². The molecule has 1 heterocycles. The highest BCUT2D eigenvalue weighted by molar-refractivity contribution is 6.30. The first kappa shape index (κ1) is 15.3. The molecule has 0 aliphatic carbocycles. The lowest BCUT2D eigenvalue weighted by Crippen LogP contribution is -2.21. The molecule has 3 rings (SSSR count). The number of ether oxygens (including phenoxy) is 1. The maximum Gasteiger partial charge on any atom is 0.205 e. The van der Waals surface area contributed by atoms with Crippen LogP contribution >= 0.6 is 11.6 Å². The number of nitrogens with zero attached hydrogens (tertiary/aromatic N) is 2. The van der Waals surface area contributed by atoms with Gasteiger partial charge in [0.15, 0.2) is 0 Å². The van der Waals surface area contributed by atoms with Gasteiger partial charge in [-0.15, -0.1) is 0 Å². The maximum atomic E-state index is 9.52. The first-order valence-electron chi connectivity index (χ1n) is 7.15. The van der Waals surface area contributed by atoms with Crippen LogP contribution in [0, 0.1) is 11.3 Å². The van der Waals surface area contributed by atoms with Gasteiger partial charge in [-0.3, -0.25) is 0 Å². The van der Waals surface area contributed by atoms with E-state index in [9.17, 15) is 5.26 Å². The standard InChI is InChI=1S/C18H16ClN3O/c1-22(2)13-6-7-14-16(9-13)23-18(21)15(10-20)17(14)11-4-3-5-12(19)8-11/h3-9,17H,21H2,1-2H3/t17-/m0/s1. The monoisotopic (exact) mass is 325 g/mol. The number of hydrogen-bond donors (Lipinski definition) is 1. The van der Waals surface area contributed by atoms with Gasteiger partial charge in [0.25, 0.3) is 0 Å². The average Bonchev–Trinajstić information content (AvgIpc) is 2.52. The highest BCUT2D eigenvalue weighted by Gasteiger charge is 2.30. The molecule has 2 N–H and O–H groups in total. The molecule has 116 valence electrons. The van der Waals surface area contributed by atoms with Crippen LogP contribution in [-0.4, -0.2) is 14.1 Å². The summed E-state index contributed by atoms with van der Waals surface area (Å²) in [4.78, 5) is 1.98. The molecule has 0 aromatic heterocycles. The number of halogens is 1. The van der Waals surface area contributed by atoms with Crippen molar-refractivity contribution in [2.75, 3.05) is 19.0 Å². The van der Waals surface area contributed by atoms with E-state index in [0.717, 1.165) is 16.8 Å². The van der Waals surface area contributed by atoms with Gasteiger partial charge in [0.2, 0.25) is 5.88 Å². The minimum absolute atomic E-state index is 0.140. The van der Waals surface area contributed by atoms with Crippen LogP contribution < -0.4 is 15.4 Å². The summed E-state index contributed by atoms with van der Waals surface area (Å²) in [6.45, 7) is 0. The van der Waals surface area contributed by atoms with Crippen LogP contribution in [0.5, 0.6) is 5.75 Å². The van der Waals surface area contributed by atoms with Crippen molar-refractivity contribution in [2.45, 2.75) is 5.92 Å². The summed E-state index contributed by atoms with van der Waals surface area (Å²) in [6.07, 6.45) is 0. The van der Waals surface area contributed by atoms with Gasteiger partial charge in [-0.25, -0.2) is 0 Å². The highest BCUT2D eigenvalue weighted by Crippen LogP contribution is 2.43. The quantitative estimate of drug-likeness (QED) is 0.916. The summed E-state index contributed by atoms with van der Waals surface area (Å²) in [6, 6.07) is 15.5. The van der Waals surface area contributed by atoms with Gasteiger partial charge in [0, 0.05) is 36.4 Å². The number of fused-ring (bicyclic) bond motifs is 1. The summed E-state index contributed by atoms with van der Waals surface area (Å²) in [5, 5.41) is 10.1. The van der Waals surface area contributed by atoms with Gasteiger partial charge in [-0.05, 0) is 23.8 Å². The zero-order valence-corrected chi connectivity index (χ0v) is 13.6. The molecule has 1 atom stereocenters. The van der Waals surface area contributed by atoms with E-state index >= 15 is 0 Å². The second kappa shape index (κ2) is 5.86. The molecule has 23 heavy (non-hydrogen) atoms. The van der Waals surface area contributed by atoms with E-state index in [1.165, 1.54) is 0 Å². The maximum absolute atomic E-state index is 9.52. The third-order valence-corrected chi connectivity index (χ3v) is 4.14. The van der Waals surface area contributed by atoms with E-state index in [2.05, 4.69) is 6.07 Å². The molecule has 0 bridgehead atoms. The SMILES string of the molecule is CN(C)c1ccc2c(c1)OC(N)=C(C#N)[C@H]2c1cccc(Cl)c1. The van der Waals surface area contributed by atoms with Gasteiger partial charge >= 0.3 is 0 Å². The first-order valence-corrected chi connectivity index (χ1v) is 7.53. The number of allylic oxidation sites excluding steroid dienone is 1. The number of anilines is 1. The molecule has 0 saturated heterocycles. The second-order valence-electron chi connectivity index (χ2n) is 5.60. The zero-order valence-electron chi connectivity index (χ0n) is 12.9. The minimum Gasteiger partial charge on any atom is -0.440 e. The number of hydrogen-bond acceptors (Lipinski definition) is 4. The molecule has 0 saturated carbocycles. The molecular weight excluding hydrogens is 310 g/mol. The zero-order chi connectivity index (χ0) is 16.6. The molecule has 1 aliphatic rings. The largest absolute Gasteiger partial charge is 0.440 e. The number of rotatable bonds is 2. The molecule has 0 spiro atoms. The van der Waals surface area contributed by atoms with Crippen LogP contribution in [0.3, 0.4) is 0 Å². The van der Waals surface area contributed by atoms with Gasteiger partial charge in [0.05, 0.1) is 5.92 Å². The molecule has 0 amide bonds. The van der Waals surface area contributed by atoms with Crippen molar-refractivity contribution in [1.29, 1.82) is 5.26 Å². The van der Waals surface area contributed by atoms with Crippen molar-refractivity contribution in [3.63, 3.8) is 0 Å². The van der Waals surface area contributed by atoms with E-state index in [0.29, 0.717) is 16.3 Å². The van der Waals surface area contributed by atoms with Crippen LogP contribution in [0.15, 0.2) is 53.9 Å². The Labute approximate surface area is 140 Å². The normalized spacial score (nSPS) is 16.3. The Morgan fingerprint density at radius 3 is 2.65 bits per heavy atom. The molecule has 1 aliphatic heterocycles. The van der Waals surface area contributed by atoms with E-state index in [1.807, 2.05) is 55.4 Å². The Hall–Kier alpha value is -2.64. The van der Waals surface area contributed by atoms with E-state index in [1.54, 1.807) is 6.07 Å². The van der Waals surface area contributed by atoms with Crippen molar-refractivity contribution in [3.05, 3.63) is 70.1 Å². The fraction of sp³-hybridized carbons (Fsp3) is 0.167. The van der Waals surface area contributed by atoms with E-state index in [4.69, 9.17) is 22.1 Å². The molecule has 0 radical (unpaired) electrons. The smallest absolute Gasteiger partial charge is 0.205 e. The first-order chi connectivity index (χ1) is 11.0. The Morgan fingerprint density at radius 1 is 1.22 bits per heavy atom. The Kier molecular flexibility index (Phi) is 3.89. The van der Waals surface area contributed by atoms with Gasteiger partial charge < -0.3 is 15.4 Å². The molecule has 2 aromatic rings. The Bertz CT molecular complexity index is 836. The topological polar surface area (TPSA) is 62.3 Å². The van der Waals surface area contributed by atoms with Gasteiger partial charge in [-0.1, -0.05) is 29.8 Å². The minimum atomic E-state index is -0.279. The summed E-state index contributed by atoms with van der Waals surface area (Å²) in [5.41, 5.74) is 9.21. The summed E-state index contributed by atoms with van der Waals surface area (Å²) in [5.74, 6) is 0.525. The molecular formula is C18H16ClN3O. The second-order valence-corrected chi connectivity index (χ2v) is 6.03. The Balaban J connectivity index is 2.20. The fourth-order valence-electron chi connectivity index (χ4n) is 2.75. The lowest BCUT2D eigenvalue weighted by molar-refractivity contribution is 0.394. The van der Waals surface area contributed by atoms with Crippen molar-refractivity contribution in [3.8, 4) is 11.8 Å². The average molecular weight is 326 g/mol. The lowest BCUT2D eigenvalue weighted by Gasteiger charge is -2.27. The number of benzene rings is 2. The summed E-state index contributed by atoms with van der Waals surface area (Å²) in [7, 11) is 3.91. The number of nitriles is 1. The third-order valence-electron chi connectivity index (χ3n) is 3.90. The summed E-state index contributed by atoms with van der Waals surface area (Å²) < 4.78 is 5.68. The third kappa shape index (κ3) is 2.71. The van der Waals surface area contributed by atoms with Crippen LogP contribution in [0.25, 0.3) is 0 Å². The molecule has 4 nitrogen and oxygen atoms in total. The lowest BCUT2D eigenvalue weighted by atomic mass is 9.83. The fourth-order valence-corrected chi connectivity index (χ4v) is 2.95. The van der Waals surface area contributed by atoms with Crippen molar-refractivity contribution < 1.29 is 4.74 Å². The van der Waals surface area contributed by atoms with Crippen molar-refractivity contribution in [1.82, 2.24) is 0 Å². The predicted octanol–water partition coefficient (Wildman–Crippen LogP) is 3.62. The number of nitrogens with two attached hydrogens (primary N) is 1. The van der Waals surface area contributed by atoms with E-state index in [-0.39, 0.29) is 11.8 Å². The van der Waals surface area contributed by atoms with Crippen molar-refractivity contribution in [2.24, 2.45) is 5.73 Å². The summed E-state index contributed by atoms with van der Waals surface area (Å²) >= 11 is 6.12. The molecule has 5 heteroatoms. The van der Waals surface area contributed by atoms with Crippen LogP contribution in [-0.2, 0) is 0 Å². The van der Waals surface area contributed by atoms with Crippen LogP contribution in [0.2, 0.25) is 5.02 Å².